The van der Waals surface area contributed by atoms with Crippen LogP contribution in [0.2, 0.25) is 0 Å². The van der Waals surface area contributed by atoms with Crippen LogP contribution in [-0.4, -0.2) is 50.2 Å². The number of nitrogens with one attached hydrogen (secondary N) is 1. The van der Waals surface area contributed by atoms with Crippen LogP contribution in [0.25, 0.3) is 10.8 Å². The number of hydrogen-bond acceptors (Lipinski definition) is 4. The second-order valence-electron chi connectivity index (χ2n) is 5.84. The molecule has 0 bridgehead atoms. The molecule has 120 valence electrons. The SMILES string of the molecule is CCN(CC)c1nc(C)c(NCCN(C)C)c2ccccc12. The molecule has 0 radical (unpaired) electrons. The Kier molecular flexibility index (Phi) is 5.61. The number of rotatable bonds is 7. The molecule has 1 aromatic heterocycles. The van der Waals surface area contributed by atoms with Crippen LogP contribution in [0.15, 0.2) is 24.3 Å². The minimum absolute atomic E-state index is 0.921. The number of likely N-dealkylation sites (N-methyl/N-ethyl adjacent to an activating group) is 1. The van der Waals surface area contributed by atoms with Crippen LogP contribution in [0.3, 0.4) is 0 Å². The minimum atomic E-state index is 0.921. The van der Waals surface area contributed by atoms with Crippen molar-refractivity contribution in [3.05, 3.63) is 30.0 Å². The molecule has 0 atom stereocenters. The van der Waals surface area contributed by atoms with Crippen molar-refractivity contribution < 1.29 is 0 Å². The van der Waals surface area contributed by atoms with Gasteiger partial charge in [0.2, 0.25) is 0 Å². The number of benzene rings is 1. The van der Waals surface area contributed by atoms with Gasteiger partial charge in [0.15, 0.2) is 0 Å². The Balaban J connectivity index is 2.46. The molecule has 0 fully saturated rings. The molecule has 0 aliphatic rings. The molecule has 0 saturated carbocycles. The van der Waals surface area contributed by atoms with Crippen LogP contribution in [0.5, 0.6) is 0 Å². The summed E-state index contributed by atoms with van der Waals surface area (Å²) < 4.78 is 0. The lowest BCUT2D eigenvalue weighted by Gasteiger charge is -2.24. The zero-order valence-corrected chi connectivity index (χ0v) is 14.5. The topological polar surface area (TPSA) is 31.4 Å². The number of pyridine rings is 1. The third-order valence-electron chi connectivity index (χ3n) is 4.00. The average molecular weight is 300 g/mol. The highest BCUT2D eigenvalue weighted by molar-refractivity contribution is 6.01. The highest BCUT2D eigenvalue weighted by Crippen LogP contribution is 2.32. The summed E-state index contributed by atoms with van der Waals surface area (Å²) in [4.78, 5) is 9.39. The monoisotopic (exact) mass is 300 g/mol. The molecule has 4 heteroatoms. The summed E-state index contributed by atoms with van der Waals surface area (Å²) in [6, 6.07) is 8.56. The van der Waals surface area contributed by atoms with Gasteiger partial charge >= 0.3 is 0 Å². The molecule has 1 N–H and O–H groups in total. The van der Waals surface area contributed by atoms with Crippen molar-refractivity contribution >= 4 is 22.3 Å². The molecule has 2 aromatic rings. The largest absolute Gasteiger partial charge is 0.382 e. The Morgan fingerprint density at radius 1 is 1.05 bits per heavy atom. The van der Waals surface area contributed by atoms with E-state index in [0.717, 1.165) is 43.4 Å². The van der Waals surface area contributed by atoms with Gasteiger partial charge in [0, 0.05) is 37.0 Å². The molecular weight excluding hydrogens is 272 g/mol. The van der Waals surface area contributed by atoms with Crippen LogP contribution in [0, 0.1) is 6.92 Å². The first-order valence-electron chi connectivity index (χ1n) is 8.11. The van der Waals surface area contributed by atoms with Crippen molar-refractivity contribution in [3.63, 3.8) is 0 Å². The Morgan fingerprint density at radius 3 is 2.27 bits per heavy atom. The molecule has 1 heterocycles. The van der Waals surface area contributed by atoms with Crippen molar-refractivity contribution in [2.75, 3.05) is 50.5 Å². The molecule has 0 aliphatic heterocycles. The Labute approximate surface area is 134 Å². The lowest BCUT2D eigenvalue weighted by Crippen LogP contribution is -2.24. The van der Waals surface area contributed by atoms with E-state index < -0.39 is 0 Å². The van der Waals surface area contributed by atoms with E-state index >= 15 is 0 Å². The first kappa shape index (κ1) is 16.6. The normalized spacial score (nSPS) is 11.2. The predicted octanol–water partition coefficient (Wildman–Crippen LogP) is 3.36. The van der Waals surface area contributed by atoms with E-state index in [4.69, 9.17) is 4.98 Å². The summed E-state index contributed by atoms with van der Waals surface area (Å²) in [5, 5.41) is 6.05. The Hall–Kier alpha value is -1.81. The number of aromatic nitrogens is 1. The zero-order chi connectivity index (χ0) is 16.1. The van der Waals surface area contributed by atoms with E-state index in [1.165, 1.54) is 10.8 Å². The van der Waals surface area contributed by atoms with Gasteiger partial charge in [-0.15, -0.1) is 0 Å². The summed E-state index contributed by atoms with van der Waals surface area (Å²) in [5.74, 6) is 1.09. The number of nitrogens with zero attached hydrogens (tertiary/aromatic N) is 3. The molecule has 0 amide bonds. The number of anilines is 2. The van der Waals surface area contributed by atoms with E-state index in [9.17, 15) is 0 Å². The lowest BCUT2D eigenvalue weighted by molar-refractivity contribution is 0.425. The van der Waals surface area contributed by atoms with Crippen molar-refractivity contribution in [3.8, 4) is 0 Å². The highest BCUT2D eigenvalue weighted by atomic mass is 15.2. The summed E-state index contributed by atoms with van der Waals surface area (Å²) in [5.41, 5.74) is 2.23. The van der Waals surface area contributed by atoms with E-state index in [2.05, 4.69) is 74.2 Å². The fourth-order valence-corrected chi connectivity index (χ4v) is 2.76. The van der Waals surface area contributed by atoms with Gasteiger partial charge in [0.1, 0.15) is 5.82 Å². The molecule has 4 nitrogen and oxygen atoms in total. The summed E-state index contributed by atoms with van der Waals surface area (Å²) in [6.45, 7) is 10.3. The fourth-order valence-electron chi connectivity index (χ4n) is 2.76. The van der Waals surface area contributed by atoms with Crippen molar-refractivity contribution in [2.45, 2.75) is 20.8 Å². The van der Waals surface area contributed by atoms with Gasteiger partial charge in [-0.05, 0) is 34.9 Å². The Morgan fingerprint density at radius 2 is 1.68 bits per heavy atom. The summed E-state index contributed by atoms with van der Waals surface area (Å²) in [7, 11) is 4.18. The van der Waals surface area contributed by atoms with Gasteiger partial charge in [-0.1, -0.05) is 24.3 Å². The third kappa shape index (κ3) is 3.50. The molecular formula is C18H28N4. The quantitative estimate of drug-likeness (QED) is 0.849. The van der Waals surface area contributed by atoms with Crippen LogP contribution in [0.1, 0.15) is 19.5 Å². The Bertz CT molecular complexity index is 618. The smallest absolute Gasteiger partial charge is 0.136 e. The molecule has 0 saturated heterocycles. The van der Waals surface area contributed by atoms with Crippen molar-refractivity contribution in [1.82, 2.24) is 9.88 Å². The molecule has 1 aromatic carbocycles. The maximum absolute atomic E-state index is 4.89. The predicted molar refractivity (Wildman–Crippen MR) is 97.1 cm³/mol. The number of hydrogen-bond donors (Lipinski definition) is 1. The number of aryl methyl sites for hydroxylation is 1. The van der Waals surface area contributed by atoms with E-state index in [0.29, 0.717) is 0 Å². The van der Waals surface area contributed by atoms with Crippen molar-refractivity contribution in [2.24, 2.45) is 0 Å². The van der Waals surface area contributed by atoms with Gasteiger partial charge < -0.3 is 15.1 Å². The summed E-state index contributed by atoms with van der Waals surface area (Å²) >= 11 is 0. The van der Waals surface area contributed by atoms with E-state index in [1.54, 1.807) is 0 Å². The summed E-state index contributed by atoms with van der Waals surface area (Å²) in [6.07, 6.45) is 0. The second kappa shape index (κ2) is 7.45. The first-order chi connectivity index (χ1) is 10.6. The zero-order valence-electron chi connectivity index (χ0n) is 14.5. The van der Waals surface area contributed by atoms with Crippen LogP contribution in [-0.2, 0) is 0 Å². The van der Waals surface area contributed by atoms with Crippen molar-refractivity contribution in [1.29, 1.82) is 0 Å². The molecule has 2 rings (SSSR count). The standard InChI is InChI=1S/C18H28N4/c1-6-22(7-2)18-16-11-9-8-10-15(16)17(14(3)20-18)19-12-13-21(4)5/h8-11,19H,6-7,12-13H2,1-5H3. The highest BCUT2D eigenvalue weighted by Gasteiger charge is 2.14. The number of fused-ring (bicyclic) bond motifs is 1. The van der Waals surface area contributed by atoms with Crippen LogP contribution < -0.4 is 10.2 Å². The van der Waals surface area contributed by atoms with Gasteiger partial charge in [0.05, 0.1) is 11.4 Å². The van der Waals surface area contributed by atoms with Gasteiger partial charge in [-0.25, -0.2) is 4.98 Å². The average Bonchev–Trinajstić information content (AvgIpc) is 2.51. The first-order valence-corrected chi connectivity index (χ1v) is 8.11. The van der Waals surface area contributed by atoms with Crippen LogP contribution >= 0.6 is 0 Å². The molecule has 0 aliphatic carbocycles. The molecule has 22 heavy (non-hydrogen) atoms. The molecule has 0 spiro atoms. The van der Waals surface area contributed by atoms with Crippen LogP contribution in [0.4, 0.5) is 11.5 Å². The maximum Gasteiger partial charge on any atom is 0.136 e. The van der Waals surface area contributed by atoms with Gasteiger partial charge in [0.25, 0.3) is 0 Å². The van der Waals surface area contributed by atoms with E-state index in [-0.39, 0.29) is 0 Å². The van der Waals surface area contributed by atoms with Gasteiger partial charge in [-0.3, -0.25) is 0 Å². The third-order valence-corrected chi connectivity index (χ3v) is 4.00. The van der Waals surface area contributed by atoms with Gasteiger partial charge in [-0.2, -0.15) is 0 Å². The second-order valence-corrected chi connectivity index (χ2v) is 5.84. The minimum Gasteiger partial charge on any atom is -0.382 e. The fraction of sp³-hybridized carbons (Fsp3) is 0.500. The lowest BCUT2D eigenvalue weighted by atomic mass is 10.1. The van der Waals surface area contributed by atoms with E-state index in [1.807, 2.05) is 0 Å². The maximum atomic E-state index is 4.89. The molecule has 0 unspecified atom stereocenters.